The maximum absolute atomic E-state index is 14.3. The number of hydrogen-bond donors (Lipinski definition) is 0. The Hall–Kier alpha value is -3.20. The first kappa shape index (κ1) is 18.2. The van der Waals surface area contributed by atoms with Crippen molar-refractivity contribution in [1.82, 2.24) is 9.78 Å². The highest BCUT2D eigenvalue weighted by atomic mass is 19.1. The van der Waals surface area contributed by atoms with Crippen LogP contribution in [-0.2, 0) is 6.54 Å². The van der Waals surface area contributed by atoms with Gasteiger partial charge < -0.3 is 0 Å². The first-order valence-electron chi connectivity index (χ1n) is 9.48. The van der Waals surface area contributed by atoms with Crippen LogP contribution in [0.25, 0.3) is 22.5 Å². The molecule has 2 nitrogen and oxygen atoms in total. The van der Waals surface area contributed by atoms with Gasteiger partial charge in [-0.25, -0.2) is 4.39 Å². The van der Waals surface area contributed by atoms with Crippen LogP contribution in [0.3, 0.4) is 0 Å². The smallest absolute Gasteiger partial charge is 0.128 e. The molecule has 0 fully saturated rings. The number of aromatic nitrogens is 2. The van der Waals surface area contributed by atoms with Gasteiger partial charge in [-0.05, 0) is 39.0 Å². The van der Waals surface area contributed by atoms with Gasteiger partial charge in [0.15, 0.2) is 0 Å². The first-order valence-corrected chi connectivity index (χ1v) is 9.48. The summed E-state index contributed by atoms with van der Waals surface area (Å²) in [5, 5.41) is 4.91. The summed E-state index contributed by atoms with van der Waals surface area (Å²) in [6.07, 6.45) is 0. The van der Waals surface area contributed by atoms with Crippen LogP contribution in [0.1, 0.15) is 22.3 Å². The fraction of sp³-hybridized carbons (Fsp3) is 0.160. The quantitative estimate of drug-likeness (QED) is 0.410. The van der Waals surface area contributed by atoms with Crippen molar-refractivity contribution in [2.24, 2.45) is 0 Å². The molecule has 140 valence electrons. The number of rotatable bonds is 4. The van der Waals surface area contributed by atoms with Crippen molar-refractivity contribution in [2.45, 2.75) is 27.3 Å². The highest BCUT2D eigenvalue weighted by molar-refractivity contribution is 5.74. The van der Waals surface area contributed by atoms with E-state index in [1.807, 2.05) is 22.9 Å². The third-order valence-corrected chi connectivity index (χ3v) is 5.05. The second-order valence-electron chi connectivity index (χ2n) is 7.31. The van der Waals surface area contributed by atoms with E-state index in [-0.39, 0.29) is 5.82 Å². The first-order chi connectivity index (χ1) is 13.5. The molecular formula is C25H23FN2. The topological polar surface area (TPSA) is 17.8 Å². The average molecular weight is 370 g/mol. The third-order valence-electron chi connectivity index (χ3n) is 5.05. The van der Waals surface area contributed by atoms with E-state index >= 15 is 0 Å². The fourth-order valence-electron chi connectivity index (χ4n) is 3.68. The zero-order chi connectivity index (χ0) is 19.7. The van der Waals surface area contributed by atoms with Crippen LogP contribution in [0.4, 0.5) is 4.39 Å². The molecule has 0 saturated heterocycles. The third kappa shape index (κ3) is 3.48. The zero-order valence-corrected chi connectivity index (χ0v) is 16.4. The second-order valence-corrected chi connectivity index (χ2v) is 7.31. The molecule has 0 aliphatic carbocycles. The van der Waals surface area contributed by atoms with Crippen LogP contribution in [0.5, 0.6) is 0 Å². The van der Waals surface area contributed by atoms with Gasteiger partial charge >= 0.3 is 0 Å². The average Bonchev–Trinajstić information content (AvgIpc) is 3.00. The van der Waals surface area contributed by atoms with Gasteiger partial charge in [-0.1, -0.05) is 65.7 Å². The Morgan fingerprint density at radius 2 is 1.43 bits per heavy atom. The highest BCUT2D eigenvalue weighted by Gasteiger charge is 2.18. The van der Waals surface area contributed by atoms with Gasteiger partial charge in [0.25, 0.3) is 0 Å². The van der Waals surface area contributed by atoms with E-state index in [9.17, 15) is 4.39 Å². The molecule has 0 unspecified atom stereocenters. The van der Waals surface area contributed by atoms with Crippen molar-refractivity contribution in [3.8, 4) is 22.5 Å². The van der Waals surface area contributed by atoms with Crippen LogP contribution in [0.2, 0.25) is 0 Å². The molecule has 0 radical (unpaired) electrons. The minimum absolute atomic E-state index is 0.206. The number of benzene rings is 3. The SMILES string of the molecule is Cc1cccc(-c2nn(Cc3ccccc3F)c(-c3cccc(C)c3)c2C)c1. The molecule has 3 heteroatoms. The predicted octanol–water partition coefficient (Wildman–Crippen LogP) is 6.33. The summed E-state index contributed by atoms with van der Waals surface area (Å²) >= 11 is 0. The molecule has 0 atom stereocenters. The van der Waals surface area contributed by atoms with E-state index in [0.717, 1.165) is 28.1 Å². The lowest BCUT2D eigenvalue weighted by Gasteiger charge is -2.10. The summed E-state index contributed by atoms with van der Waals surface area (Å²) in [7, 11) is 0. The van der Waals surface area contributed by atoms with E-state index < -0.39 is 0 Å². The number of aryl methyl sites for hydroxylation is 2. The van der Waals surface area contributed by atoms with Gasteiger partial charge in [0.05, 0.1) is 17.9 Å². The van der Waals surface area contributed by atoms with Crippen molar-refractivity contribution < 1.29 is 4.39 Å². The van der Waals surface area contributed by atoms with E-state index in [1.54, 1.807) is 6.07 Å². The number of halogens is 1. The van der Waals surface area contributed by atoms with E-state index in [0.29, 0.717) is 12.1 Å². The molecule has 0 amide bonds. The van der Waals surface area contributed by atoms with E-state index in [1.165, 1.54) is 17.2 Å². The Labute approximate surface area is 165 Å². The molecule has 1 aromatic heterocycles. The van der Waals surface area contributed by atoms with Crippen LogP contribution < -0.4 is 0 Å². The molecule has 0 aliphatic heterocycles. The molecule has 4 aromatic rings. The zero-order valence-electron chi connectivity index (χ0n) is 16.4. The minimum atomic E-state index is -0.206. The maximum Gasteiger partial charge on any atom is 0.128 e. The molecular weight excluding hydrogens is 347 g/mol. The summed E-state index contributed by atoms with van der Waals surface area (Å²) in [5.74, 6) is -0.206. The highest BCUT2D eigenvalue weighted by Crippen LogP contribution is 2.33. The van der Waals surface area contributed by atoms with E-state index in [2.05, 4.69) is 63.2 Å². The van der Waals surface area contributed by atoms with Crippen molar-refractivity contribution in [3.05, 3.63) is 101 Å². The van der Waals surface area contributed by atoms with Crippen LogP contribution in [0.15, 0.2) is 72.8 Å². The normalized spacial score (nSPS) is 11.0. The standard InChI is InChI=1S/C25H23FN2/c1-17-8-6-11-20(14-17)24-19(3)25(21-12-7-9-18(2)15-21)28(27-24)16-22-10-4-5-13-23(22)26/h4-15H,16H2,1-3H3. The lowest BCUT2D eigenvalue weighted by atomic mass is 10.0. The van der Waals surface area contributed by atoms with Crippen molar-refractivity contribution in [3.63, 3.8) is 0 Å². The Morgan fingerprint density at radius 1 is 0.786 bits per heavy atom. The second kappa shape index (κ2) is 7.43. The molecule has 4 rings (SSSR count). The van der Waals surface area contributed by atoms with Gasteiger partial charge in [0, 0.05) is 22.3 Å². The predicted molar refractivity (Wildman–Crippen MR) is 113 cm³/mol. The minimum Gasteiger partial charge on any atom is -0.259 e. The van der Waals surface area contributed by atoms with Gasteiger partial charge in [0.1, 0.15) is 5.82 Å². The molecule has 0 spiro atoms. The largest absolute Gasteiger partial charge is 0.259 e. The van der Waals surface area contributed by atoms with Gasteiger partial charge in [-0.3, -0.25) is 4.68 Å². The molecule has 1 heterocycles. The summed E-state index contributed by atoms with van der Waals surface area (Å²) < 4.78 is 16.2. The molecule has 0 bridgehead atoms. The van der Waals surface area contributed by atoms with E-state index in [4.69, 9.17) is 5.10 Å². The maximum atomic E-state index is 14.3. The Balaban J connectivity index is 1.90. The summed E-state index contributed by atoms with van der Waals surface area (Å²) in [4.78, 5) is 0. The van der Waals surface area contributed by atoms with Crippen molar-refractivity contribution in [1.29, 1.82) is 0 Å². The number of nitrogens with zero attached hydrogens (tertiary/aromatic N) is 2. The monoisotopic (exact) mass is 370 g/mol. The van der Waals surface area contributed by atoms with Crippen molar-refractivity contribution in [2.75, 3.05) is 0 Å². The van der Waals surface area contributed by atoms with Crippen LogP contribution in [-0.4, -0.2) is 9.78 Å². The van der Waals surface area contributed by atoms with Gasteiger partial charge in [-0.2, -0.15) is 5.10 Å². The van der Waals surface area contributed by atoms with Crippen molar-refractivity contribution >= 4 is 0 Å². The Morgan fingerprint density at radius 3 is 2.11 bits per heavy atom. The summed E-state index contributed by atoms with van der Waals surface area (Å²) in [6, 6.07) is 23.6. The van der Waals surface area contributed by atoms with Crippen LogP contribution >= 0.6 is 0 Å². The lowest BCUT2D eigenvalue weighted by molar-refractivity contribution is 0.587. The summed E-state index contributed by atoms with van der Waals surface area (Å²) in [6.45, 7) is 6.65. The lowest BCUT2D eigenvalue weighted by Crippen LogP contribution is -2.06. The molecule has 28 heavy (non-hydrogen) atoms. The number of hydrogen-bond acceptors (Lipinski definition) is 1. The Kier molecular flexibility index (Phi) is 4.82. The van der Waals surface area contributed by atoms with Gasteiger partial charge in [0.2, 0.25) is 0 Å². The Bertz CT molecular complexity index is 1140. The molecule has 0 saturated carbocycles. The molecule has 0 aliphatic rings. The fourth-order valence-corrected chi connectivity index (χ4v) is 3.68. The van der Waals surface area contributed by atoms with Crippen LogP contribution in [0, 0.1) is 26.6 Å². The van der Waals surface area contributed by atoms with Gasteiger partial charge in [-0.15, -0.1) is 0 Å². The molecule has 3 aromatic carbocycles. The summed E-state index contributed by atoms with van der Waals surface area (Å²) in [5.41, 5.74) is 8.27. The molecule has 0 N–H and O–H groups in total.